The second-order valence-corrected chi connectivity index (χ2v) is 6.74. The standard InChI is InChI=1S/C21H20O4/c1-13-8-14(2)10-17(9-13)16-7-5-6-15(11-16)12-18-19(22)24-21(3,4)25-20(18)23/h5-12H,1-4H3. The van der Waals surface area contributed by atoms with Gasteiger partial charge in [0.05, 0.1) is 0 Å². The van der Waals surface area contributed by atoms with Crippen molar-refractivity contribution in [1.29, 1.82) is 0 Å². The van der Waals surface area contributed by atoms with E-state index in [0.717, 1.165) is 16.7 Å². The van der Waals surface area contributed by atoms with Gasteiger partial charge in [-0.05, 0) is 42.7 Å². The molecule has 0 radical (unpaired) electrons. The number of esters is 2. The quantitative estimate of drug-likeness (QED) is 0.469. The van der Waals surface area contributed by atoms with Crippen molar-refractivity contribution in [3.8, 4) is 11.1 Å². The Labute approximate surface area is 147 Å². The van der Waals surface area contributed by atoms with Crippen molar-refractivity contribution in [2.45, 2.75) is 33.5 Å². The van der Waals surface area contributed by atoms with Gasteiger partial charge in [0.1, 0.15) is 5.57 Å². The Morgan fingerprint density at radius 1 is 0.840 bits per heavy atom. The predicted molar refractivity (Wildman–Crippen MR) is 95.6 cm³/mol. The molecule has 1 aliphatic heterocycles. The van der Waals surface area contributed by atoms with Gasteiger partial charge in [-0.1, -0.05) is 47.5 Å². The van der Waals surface area contributed by atoms with Crippen LogP contribution in [0, 0.1) is 13.8 Å². The summed E-state index contributed by atoms with van der Waals surface area (Å²) < 4.78 is 10.2. The number of benzene rings is 2. The average Bonchev–Trinajstić information content (AvgIpc) is 2.49. The molecule has 0 amide bonds. The highest BCUT2D eigenvalue weighted by Gasteiger charge is 2.38. The molecule has 1 aliphatic rings. The summed E-state index contributed by atoms with van der Waals surface area (Å²) in [5.41, 5.74) is 5.10. The Balaban J connectivity index is 1.97. The lowest BCUT2D eigenvalue weighted by molar-refractivity contribution is -0.222. The average molecular weight is 336 g/mol. The van der Waals surface area contributed by atoms with Gasteiger partial charge < -0.3 is 9.47 Å². The van der Waals surface area contributed by atoms with Crippen LogP contribution in [0.1, 0.15) is 30.5 Å². The van der Waals surface area contributed by atoms with Gasteiger partial charge in [0, 0.05) is 13.8 Å². The number of aryl methyl sites for hydroxylation is 2. The van der Waals surface area contributed by atoms with Crippen LogP contribution < -0.4 is 0 Å². The summed E-state index contributed by atoms with van der Waals surface area (Å²) in [5.74, 6) is -2.57. The highest BCUT2D eigenvalue weighted by molar-refractivity contribution is 6.18. The van der Waals surface area contributed by atoms with Crippen LogP contribution in [-0.2, 0) is 19.1 Å². The molecule has 2 aromatic carbocycles. The van der Waals surface area contributed by atoms with E-state index in [9.17, 15) is 9.59 Å². The van der Waals surface area contributed by atoms with Crippen molar-refractivity contribution >= 4 is 18.0 Å². The van der Waals surface area contributed by atoms with Crippen LogP contribution in [0.4, 0.5) is 0 Å². The molecular formula is C21H20O4. The molecule has 0 bridgehead atoms. The zero-order valence-electron chi connectivity index (χ0n) is 14.8. The summed E-state index contributed by atoms with van der Waals surface area (Å²) in [6.45, 7) is 7.16. The fourth-order valence-corrected chi connectivity index (χ4v) is 2.89. The largest absolute Gasteiger partial charge is 0.419 e. The molecule has 2 aromatic rings. The van der Waals surface area contributed by atoms with Crippen LogP contribution in [0.5, 0.6) is 0 Å². The van der Waals surface area contributed by atoms with Gasteiger partial charge in [-0.15, -0.1) is 0 Å². The maximum atomic E-state index is 12.1. The molecule has 4 nitrogen and oxygen atoms in total. The molecule has 4 heteroatoms. The topological polar surface area (TPSA) is 52.6 Å². The van der Waals surface area contributed by atoms with E-state index in [-0.39, 0.29) is 5.57 Å². The zero-order valence-corrected chi connectivity index (χ0v) is 14.8. The number of hydrogen-bond acceptors (Lipinski definition) is 4. The van der Waals surface area contributed by atoms with Crippen molar-refractivity contribution in [1.82, 2.24) is 0 Å². The molecule has 1 saturated heterocycles. The van der Waals surface area contributed by atoms with Crippen molar-refractivity contribution in [2.75, 3.05) is 0 Å². The molecule has 0 atom stereocenters. The molecule has 1 fully saturated rings. The van der Waals surface area contributed by atoms with Crippen molar-refractivity contribution in [3.05, 3.63) is 64.7 Å². The van der Waals surface area contributed by atoms with Gasteiger partial charge in [-0.2, -0.15) is 0 Å². The summed E-state index contributed by atoms with van der Waals surface area (Å²) in [4.78, 5) is 24.2. The second-order valence-electron chi connectivity index (χ2n) is 6.74. The molecule has 25 heavy (non-hydrogen) atoms. The first-order chi connectivity index (χ1) is 11.7. The predicted octanol–water partition coefficient (Wildman–Crippen LogP) is 4.19. The summed E-state index contributed by atoms with van der Waals surface area (Å²) in [6, 6.07) is 14.0. The normalized spacial score (nSPS) is 16.2. The highest BCUT2D eigenvalue weighted by atomic mass is 16.7. The third-order valence-electron chi connectivity index (χ3n) is 3.87. The van der Waals surface area contributed by atoms with E-state index in [2.05, 4.69) is 32.0 Å². The van der Waals surface area contributed by atoms with Crippen LogP contribution in [0.3, 0.4) is 0 Å². The molecule has 0 aromatic heterocycles. The lowest BCUT2D eigenvalue weighted by Crippen LogP contribution is -2.41. The Bertz CT molecular complexity index is 848. The first kappa shape index (κ1) is 17.0. The highest BCUT2D eigenvalue weighted by Crippen LogP contribution is 2.27. The fourth-order valence-electron chi connectivity index (χ4n) is 2.89. The van der Waals surface area contributed by atoms with Gasteiger partial charge in [0.2, 0.25) is 0 Å². The van der Waals surface area contributed by atoms with Gasteiger partial charge in [0.15, 0.2) is 0 Å². The number of carbonyl (C=O) groups excluding carboxylic acids is 2. The molecule has 0 saturated carbocycles. The Hall–Kier alpha value is -2.88. The molecule has 1 heterocycles. The lowest BCUT2D eigenvalue weighted by Gasteiger charge is -2.29. The minimum absolute atomic E-state index is 0.100. The van der Waals surface area contributed by atoms with Crippen LogP contribution in [-0.4, -0.2) is 17.7 Å². The number of rotatable bonds is 2. The number of cyclic esters (lactones) is 2. The van der Waals surface area contributed by atoms with E-state index < -0.39 is 17.7 Å². The third kappa shape index (κ3) is 3.79. The van der Waals surface area contributed by atoms with Crippen molar-refractivity contribution in [3.63, 3.8) is 0 Å². The monoisotopic (exact) mass is 336 g/mol. The smallest absolute Gasteiger partial charge is 0.348 e. The minimum Gasteiger partial charge on any atom is -0.419 e. The molecule has 0 spiro atoms. The SMILES string of the molecule is Cc1cc(C)cc(-c2cccc(C=C3C(=O)OC(C)(C)OC3=O)c2)c1. The summed E-state index contributed by atoms with van der Waals surface area (Å²) in [6.07, 6.45) is 1.51. The third-order valence-corrected chi connectivity index (χ3v) is 3.87. The van der Waals surface area contributed by atoms with E-state index in [0.29, 0.717) is 0 Å². The van der Waals surface area contributed by atoms with E-state index in [1.807, 2.05) is 24.3 Å². The number of ether oxygens (including phenoxy) is 2. The van der Waals surface area contributed by atoms with Crippen LogP contribution in [0.2, 0.25) is 0 Å². The zero-order chi connectivity index (χ0) is 18.2. The lowest BCUT2D eigenvalue weighted by atomic mass is 9.98. The molecular weight excluding hydrogens is 316 g/mol. The first-order valence-corrected chi connectivity index (χ1v) is 8.11. The second kappa shape index (κ2) is 6.20. The molecule has 0 unspecified atom stereocenters. The molecule has 0 N–H and O–H groups in total. The maximum absolute atomic E-state index is 12.1. The maximum Gasteiger partial charge on any atom is 0.348 e. The molecule has 3 rings (SSSR count). The Morgan fingerprint density at radius 2 is 1.44 bits per heavy atom. The van der Waals surface area contributed by atoms with E-state index in [1.165, 1.54) is 31.1 Å². The summed E-state index contributed by atoms with van der Waals surface area (Å²) in [5, 5.41) is 0. The van der Waals surface area contributed by atoms with Crippen molar-refractivity contribution < 1.29 is 19.1 Å². The fraction of sp³-hybridized carbons (Fsp3) is 0.238. The number of carbonyl (C=O) groups is 2. The summed E-state index contributed by atoms with van der Waals surface area (Å²) in [7, 11) is 0. The van der Waals surface area contributed by atoms with E-state index >= 15 is 0 Å². The number of hydrogen-bond donors (Lipinski definition) is 0. The van der Waals surface area contributed by atoms with Gasteiger partial charge in [-0.3, -0.25) is 0 Å². The van der Waals surface area contributed by atoms with Gasteiger partial charge in [-0.25, -0.2) is 9.59 Å². The van der Waals surface area contributed by atoms with Gasteiger partial charge >= 0.3 is 11.9 Å². The van der Waals surface area contributed by atoms with Crippen molar-refractivity contribution in [2.24, 2.45) is 0 Å². The van der Waals surface area contributed by atoms with E-state index in [1.54, 1.807) is 0 Å². The van der Waals surface area contributed by atoms with E-state index in [4.69, 9.17) is 9.47 Å². The Morgan fingerprint density at radius 3 is 2.04 bits per heavy atom. The van der Waals surface area contributed by atoms with Crippen LogP contribution >= 0.6 is 0 Å². The molecule has 0 aliphatic carbocycles. The molecule has 128 valence electrons. The van der Waals surface area contributed by atoms with Crippen LogP contribution in [0.25, 0.3) is 17.2 Å². The minimum atomic E-state index is -1.23. The van der Waals surface area contributed by atoms with Gasteiger partial charge in [0.25, 0.3) is 5.79 Å². The Kier molecular flexibility index (Phi) is 4.21. The first-order valence-electron chi connectivity index (χ1n) is 8.11. The summed E-state index contributed by atoms with van der Waals surface area (Å²) >= 11 is 0. The van der Waals surface area contributed by atoms with Crippen LogP contribution in [0.15, 0.2) is 48.0 Å².